The number of carbonyl (C=O) groups is 1. The van der Waals surface area contributed by atoms with Crippen LogP contribution in [0.4, 0.5) is 0 Å². The molecule has 2 atom stereocenters. The molecule has 2 heterocycles. The molecule has 2 N–H and O–H groups in total. The van der Waals surface area contributed by atoms with E-state index < -0.39 is 0 Å². The number of carbonyl (C=O) groups excluding carboxylic acids is 1. The number of piperidine rings is 1. The van der Waals surface area contributed by atoms with Crippen LogP contribution in [0.25, 0.3) is 0 Å². The molecule has 20 heavy (non-hydrogen) atoms. The molecule has 1 aromatic rings. The highest BCUT2D eigenvalue weighted by molar-refractivity contribution is 5.78. The van der Waals surface area contributed by atoms with Crippen molar-refractivity contribution in [3.8, 4) is 5.88 Å². The number of amides is 1. The molecule has 0 aromatic carbocycles. The van der Waals surface area contributed by atoms with Crippen LogP contribution >= 0.6 is 0 Å². The summed E-state index contributed by atoms with van der Waals surface area (Å²) in [4.78, 5) is 14.1. The summed E-state index contributed by atoms with van der Waals surface area (Å²) in [5, 5.41) is 4.41. The molecule has 1 saturated heterocycles. The second kappa shape index (κ2) is 5.83. The Balaban J connectivity index is 2.48. The molecule has 112 valence electrons. The van der Waals surface area contributed by atoms with Crippen LogP contribution in [-0.2, 0) is 11.8 Å². The fourth-order valence-electron chi connectivity index (χ4n) is 3.09. The van der Waals surface area contributed by atoms with E-state index in [1.807, 2.05) is 18.9 Å². The topological polar surface area (TPSA) is 73.4 Å². The van der Waals surface area contributed by atoms with E-state index in [2.05, 4.69) is 12.0 Å². The fraction of sp³-hybridized carbons (Fsp3) is 0.714. The van der Waals surface area contributed by atoms with E-state index in [4.69, 9.17) is 10.5 Å². The molecule has 2 rings (SSSR count). The van der Waals surface area contributed by atoms with E-state index in [0.29, 0.717) is 25.3 Å². The normalized spacial score (nSPS) is 23.2. The lowest BCUT2D eigenvalue weighted by Crippen LogP contribution is -2.49. The van der Waals surface area contributed by atoms with Gasteiger partial charge in [-0.15, -0.1) is 0 Å². The maximum Gasteiger partial charge on any atom is 0.223 e. The lowest BCUT2D eigenvalue weighted by Gasteiger charge is -2.39. The van der Waals surface area contributed by atoms with Crippen LogP contribution in [0.2, 0.25) is 0 Å². The third-order valence-corrected chi connectivity index (χ3v) is 3.92. The van der Waals surface area contributed by atoms with E-state index in [0.717, 1.165) is 17.7 Å². The Morgan fingerprint density at radius 1 is 1.50 bits per heavy atom. The van der Waals surface area contributed by atoms with Gasteiger partial charge >= 0.3 is 0 Å². The molecule has 1 aliphatic rings. The molecule has 0 bridgehead atoms. The number of aromatic nitrogens is 2. The van der Waals surface area contributed by atoms with Crippen LogP contribution < -0.4 is 10.5 Å². The van der Waals surface area contributed by atoms with Gasteiger partial charge in [-0.2, -0.15) is 5.10 Å². The average molecular weight is 280 g/mol. The number of likely N-dealkylation sites (tertiary alicyclic amines) is 1. The van der Waals surface area contributed by atoms with Crippen LogP contribution in [0.1, 0.15) is 43.5 Å². The van der Waals surface area contributed by atoms with Gasteiger partial charge in [0, 0.05) is 26.1 Å². The molecule has 0 radical (unpaired) electrons. The molecular formula is C14H24N4O2. The summed E-state index contributed by atoms with van der Waals surface area (Å²) in [5.74, 6) is 0.864. The van der Waals surface area contributed by atoms with Gasteiger partial charge in [-0.25, -0.2) is 4.68 Å². The molecule has 0 aliphatic carbocycles. The second-order valence-corrected chi connectivity index (χ2v) is 5.37. The fourth-order valence-corrected chi connectivity index (χ4v) is 3.09. The summed E-state index contributed by atoms with van der Waals surface area (Å²) in [6.07, 6.45) is 2.15. The number of rotatable bonds is 4. The summed E-state index contributed by atoms with van der Waals surface area (Å²) in [6.45, 7) is 4.72. The van der Waals surface area contributed by atoms with Gasteiger partial charge in [-0.1, -0.05) is 6.92 Å². The standard InChI is InChI=1S/C14H24N4O2/c1-5-8-18-11(19)7-6-10(15)13(18)12-9(2)16-17(3)14(12)20-4/h10,13H,5-8,15H2,1-4H3. The first kappa shape index (κ1) is 14.8. The van der Waals surface area contributed by atoms with Gasteiger partial charge in [0.05, 0.1) is 24.4 Å². The smallest absolute Gasteiger partial charge is 0.223 e. The molecular weight excluding hydrogens is 256 g/mol. The van der Waals surface area contributed by atoms with Crippen molar-refractivity contribution in [3.63, 3.8) is 0 Å². The Morgan fingerprint density at radius 2 is 2.20 bits per heavy atom. The molecule has 0 saturated carbocycles. The third-order valence-electron chi connectivity index (χ3n) is 3.92. The van der Waals surface area contributed by atoms with Crippen molar-refractivity contribution in [1.29, 1.82) is 0 Å². The lowest BCUT2D eigenvalue weighted by atomic mass is 9.90. The summed E-state index contributed by atoms with van der Waals surface area (Å²) in [5.41, 5.74) is 8.13. The summed E-state index contributed by atoms with van der Waals surface area (Å²) < 4.78 is 7.18. The number of hydrogen-bond acceptors (Lipinski definition) is 4. The first-order valence-electron chi connectivity index (χ1n) is 7.13. The zero-order valence-corrected chi connectivity index (χ0v) is 12.7. The largest absolute Gasteiger partial charge is 0.481 e. The van der Waals surface area contributed by atoms with E-state index in [1.165, 1.54) is 0 Å². The van der Waals surface area contributed by atoms with E-state index in [9.17, 15) is 4.79 Å². The van der Waals surface area contributed by atoms with E-state index in [1.54, 1.807) is 11.8 Å². The van der Waals surface area contributed by atoms with Crippen molar-refractivity contribution < 1.29 is 9.53 Å². The SMILES string of the molecule is CCCN1C(=O)CCC(N)C1c1c(C)nn(C)c1OC. The van der Waals surface area contributed by atoms with Crippen molar-refractivity contribution in [3.05, 3.63) is 11.3 Å². The molecule has 1 fully saturated rings. The van der Waals surface area contributed by atoms with Crippen molar-refractivity contribution in [2.24, 2.45) is 12.8 Å². The summed E-state index contributed by atoms with van der Waals surface area (Å²) in [7, 11) is 3.47. The molecule has 1 aromatic heterocycles. The zero-order valence-electron chi connectivity index (χ0n) is 12.7. The maximum absolute atomic E-state index is 12.2. The number of nitrogens with zero attached hydrogens (tertiary/aromatic N) is 3. The van der Waals surface area contributed by atoms with E-state index >= 15 is 0 Å². The Bertz CT molecular complexity index is 498. The number of nitrogens with two attached hydrogens (primary N) is 1. The minimum Gasteiger partial charge on any atom is -0.481 e. The lowest BCUT2D eigenvalue weighted by molar-refractivity contribution is -0.137. The predicted octanol–water partition coefficient (Wildman–Crippen LogP) is 1.14. The zero-order chi connectivity index (χ0) is 14.9. The highest BCUT2D eigenvalue weighted by atomic mass is 16.5. The number of hydrogen-bond donors (Lipinski definition) is 1. The number of ether oxygens (including phenoxy) is 1. The highest BCUT2D eigenvalue weighted by Crippen LogP contribution is 2.37. The van der Waals surface area contributed by atoms with Gasteiger partial charge in [0.15, 0.2) is 0 Å². The second-order valence-electron chi connectivity index (χ2n) is 5.37. The van der Waals surface area contributed by atoms with Crippen molar-refractivity contribution in [2.45, 2.75) is 45.2 Å². The Morgan fingerprint density at radius 3 is 2.80 bits per heavy atom. The Labute approximate surface area is 119 Å². The van der Waals surface area contributed by atoms with Gasteiger partial charge < -0.3 is 15.4 Å². The average Bonchev–Trinajstić information content (AvgIpc) is 2.68. The summed E-state index contributed by atoms with van der Waals surface area (Å²) >= 11 is 0. The molecule has 0 spiro atoms. The van der Waals surface area contributed by atoms with Crippen molar-refractivity contribution >= 4 is 5.91 Å². The first-order valence-corrected chi connectivity index (χ1v) is 7.13. The Kier molecular flexibility index (Phi) is 4.32. The molecule has 1 aliphatic heterocycles. The minimum atomic E-state index is -0.139. The molecule has 1 amide bonds. The van der Waals surface area contributed by atoms with Crippen LogP contribution in [0.5, 0.6) is 5.88 Å². The molecule has 6 heteroatoms. The van der Waals surface area contributed by atoms with Crippen LogP contribution in [0.3, 0.4) is 0 Å². The van der Waals surface area contributed by atoms with Gasteiger partial charge in [-0.05, 0) is 19.8 Å². The number of aryl methyl sites for hydroxylation is 2. The molecule has 2 unspecified atom stereocenters. The third kappa shape index (κ3) is 2.40. The summed E-state index contributed by atoms with van der Waals surface area (Å²) in [6, 6.07) is -0.212. The van der Waals surface area contributed by atoms with Crippen molar-refractivity contribution in [2.75, 3.05) is 13.7 Å². The maximum atomic E-state index is 12.2. The van der Waals surface area contributed by atoms with Crippen LogP contribution in [0, 0.1) is 6.92 Å². The van der Waals surface area contributed by atoms with Crippen LogP contribution in [-0.4, -0.2) is 40.3 Å². The van der Waals surface area contributed by atoms with Gasteiger partial charge in [0.2, 0.25) is 11.8 Å². The van der Waals surface area contributed by atoms with Crippen molar-refractivity contribution in [1.82, 2.24) is 14.7 Å². The highest BCUT2D eigenvalue weighted by Gasteiger charge is 2.38. The quantitative estimate of drug-likeness (QED) is 0.897. The number of methoxy groups -OCH3 is 1. The van der Waals surface area contributed by atoms with Gasteiger partial charge in [-0.3, -0.25) is 4.79 Å². The van der Waals surface area contributed by atoms with Gasteiger partial charge in [0.1, 0.15) is 0 Å². The van der Waals surface area contributed by atoms with Gasteiger partial charge in [0.25, 0.3) is 0 Å². The Hall–Kier alpha value is -1.56. The van der Waals surface area contributed by atoms with Crippen LogP contribution in [0.15, 0.2) is 0 Å². The molecule has 6 nitrogen and oxygen atoms in total. The minimum absolute atomic E-state index is 0.0731. The monoisotopic (exact) mass is 280 g/mol. The first-order chi connectivity index (χ1) is 9.51. The van der Waals surface area contributed by atoms with E-state index in [-0.39, 0.29) is 18.0 Å². The predicted molar refractivity (Wildman–Crippen MR) is 76.5 cm³/mol.